The average molecular weight is 326 g/mol. The Morgan fingerprint density at radius 3 is 2.46 bits per heavy atom. The van der Waals surface area contributed by atoms with E-state index in [9.17, 15) is 14.9 Å². The Morgan fingerprint density at radius 2 is 1.83 bits per heavy atom. The van der Waals surface area contributed by atoms with E-state index in [2.05, 4.69) is 0 Å². The van der Waals surface area contributed by atoms with Gasteiger partial charge in [0, 0.05) is 12.1 Å². The number of nitrogens with zero attached hydrogens (tertiary/aromatic N) is 2. The van der Waals surface area contributed by atoms with Crippen LogP contribution in [0.3, 0.4) is 0 Å². The molecule has 0 bridgehead atoms. The molecule has 24 heavy (non-hydrogen) atoms. The molecule has 1 amide bonds. The lowest BCUT2D eigenvalue weighted by molar-refractivity contribution is -0.384. The molecule has 1 fully saturated rings. The summed E-state index contributed by atoms with van der Waals surface area (Å²) in [4.78, 5) is 24.4. The number of rotatable bonds is 4. The highest BCUT2D eigenvalue weighted by Crippen LogP contribution is 2.29. The number of nitro benzene ring substituents is 1. The van der Waals surface area contributed by atoms with Crippen molar-refractivity contribution in [3.05, 3.63) is 75.8 Å². The molecule has 2 aromatic rings. The van der Waals surface area contributed by atoms with Crippen LogP contribution >= 0.6 is 0 Å². The molecule has 0 unspecified atom stereocenters. The van der Waals surface area contributed by atoms with Gasteiger partial charge >= 0.3 is 0 Å². The zero-order valence-electron chi connectivity index (χ0n) is 13.3. The van der Waals surface area contributed by atoms with E-state index in [1.807, 2.05) is 37.3 Å². The molecule has 0 aliphatic carbocycles. The first-order chi connectivity index (χ1) is 11.6. The van der Waals surface area contributed by atoms with Crippen LogP contribution in [0.4, 0.5) is 5.69 Å². The summed E-state index contributed by atoms with van der Waals surface area (Å²) in [6.07, 6.45) is -0.283. The van der Waals surface area contributed by atoms with E-state index in [0.29, 0.717) is 6.54 Å². The van der Waals surface area contributed by atoms with Crippen LogP contribution in [0.2, 0.25) is 0 Å². The topological polar surface area (TPSA) is 72.7 Å². The van der Waals surface area contributed by atoms with E-state index in [1.54, 1.807) is 17.0 Å². The molecule has 3 rings (SSSR count). The second-order valence-corrected chi connectivity index (χ2v) is 5.78. The molecule has 2 atom stereocenters. The van der Waals surface area contributed by atoms with Crippen molar-refractivity contribution < 1.29 is 14.5 Å². The molecule has 6 nitrogen and oxygen atoms in total. The first-order valence-corrected chi connectivity index (χ1v) is 7.76. The van der Waals surface area contributed by atoms with Gasteiger partial charge in [-0.15, -0.1) is 0 Å². The van der Waals surface area contributed by atoms with Crippen molar-refractivity contribution in [2.75, 3.05) is 13.2 Å². The number of carbonyl (C=O) groups excluding carboxylic acids is 1. The molecule has 0 N–H and O–H groups in total. The largest absolute Gasteiger partial charge is 0.362 e. The van der Waals surface area contributed by atoms with Gasteiger partial charge in [-0.2, -0.15) is 0 Å². The molecule has 1 aliphatic rings. The number of hydrogen-bond donors (Lipinski definition) is 0. The monoisotopic (exact) mass is 326 g/mol. The van der Waals surface area contributed by atoms with Gasteiger partial charge in [0.1, 0.15) is 12.7 Å². The standard InChI is InChI=1S/C18H18N2O4/c1-13(14-5-3-2-4-6-14)19-11-17(24-12-18(19)21)15-7-9-16(10-8-15)20(22)23/h2-10,13,17H,11-12H2,1H3/t13-,17+/m1/s1. The lowest BCUT2D eigenvalue weighted by Crippen LogP contribution is -2.44. The number of ether oxygens (including phenoxy) is 1. The Labute approximate surface area is 139 Å². The fraction of sp³-hybridized carbons (Fsp3) is 0.278. The van der Waals surface area contributed by atoms with Crippen LogP contribution in [0.1, 0.15) is 30.2 Å². The zero-order chi connectivity index (χ0) is 17.1. The van der Waals surface area contributed by atoms with Crippen LogP contribution in [0.5, 0.6) is 0 Å². The van der Waals surface area contributed by atoms with Gasteiger partial charge in [-0.3, -0.25) is 14.9 Å². The van der Waals surface area contributed by atoms with Crippen molar-refractivity contribution >= 4 is 11.6 Å². The highest BCUT2D eigenvalue weighted by Gasteiger charge is 2.31. The van der Waals surface area contributed by atoms with Crippen molar-refractivity contribution in [1.29, 1.82) is 0 Å². The van der Waals surface area contributed by atoms with E-state index < -0.39 is 4.92 Å². The Morgan fingerprint density at radius 1 is 1.17 bits per heavy atom. The second kappa shape index (κ2) is 6.80. The molecule has 0 aromatic heterocycles. The minimum absolute atomic E-state index is 0.0127. The predicted molar refractivity (Wildman–Crippen MR) is 88.4 cm³/mol. The summed E-state index contributed by atoms with van der Waals surface area (Å²) in [7, 11) is 0. The number of nitro groups is 1. The van der Waals surface area contributed by atoms with Crippen molar-refractivity contribution in [3.8, 4) is 0 Å². The minimum atomic E-state index is -0.432. The van der Waals surface area contributed by atoms with Crippen molar-refractivity contribution in [2.24, 2.45) is 0 Å². The summed E-state index contributed by atoms with van der Waals surface area (Å²) in [5.74, 6) is -0.0514. The predicted octanol–water partition coefficient (Wildman–Crippen LogP) is 3.26. The van der Waals surface area contributed by atoms with Gasteiger partial charge in [-0.05, 0) is 30.2 Å². The molecule has 124 valence electrons. The van der Waals surface area contributed by atoms with E-state index in [0.717, 1.165) is 11.1 Å². The van der Waals surface area contributed by atoms with Crippen molar-refractivity contribution in [3.63, 3.8) is 0 Å². The zero-order valence-corrected chi connectivity index (χ0v) is 13.3. The molecule has 0 radical (unpaired) electrons. The van der Waals surface area contributed by atoms with Crippen LogP contribution in [0, 0.1) is 10.1 Å². The maximum Gasteiger partial charge on any atom is 0.269 e. The first kappa shape index (κ1) is 16.1. The highest BCUT2D eigenvalue weighted by atomic mass is 16.6. The Balaban J connectivity index is 1.78. The van der Waals surface area contributed by atoms with Gasteiger partial charge in [0.25, 0.3) is 5.69 Å². The number of morpholine rings is 1. The summed E-state index contributed by atoms with van der Waals surface area (Å²) in [6.45, 7) is 2.43. The maximum atomic E-state index is 12.2. The summed E-state index contributed by atoms with van der Waals surface area (Å²) in [5, 5.41) is 10.8. The number of hydrogen-bond acceptors (Lipinski definition) is 4. The summed E-state index contributed by atoms with van der Waals surface area (Å²) >= 11 is 0. The third-order valence-corrected chi connectivity index (χ3v) is 4.32. The molecular formula is C18H18N2O4. The van der Waals surface area contributed by atoms with Gasteiger partial charge < -0.3 is 9.64 Å². The van der Waals surface area contributed by atoms with E-state index in [1.165, 1.54) is 12.1 Å². The third-order valence-electron chi connectivity index (χ3n) is 4.32. The number of carbonyl (C=O) groups is 1. The normalized spacial score (nSPS) is 19.1. The SMILES string of the molecule is C[C@H](c1ccccc1)N1C[C@@H](c2ccc([N+](=O)[O-])cc2)OCC1=O. The summed E-state index contributed by atoms with van der Waals surface area (Å²) in [6, 6.07) is 16.1. The van der Waals surface area contributed by atoms with Crippen LogP contribution in [-0.4, -0.2) is 28.9 Å². The van der Waals surface area contributed by atoms with Gasteiger partial charge in [-0.1, -0.05) is 30.3 Å². The molecule has 6 heteroatoms. The van der Waals surface area contributed by atoms with E-state index in [4.69, 9.17) is 4.74 Å². The average Bonchev–Trinajstić information content (AvgIpc) is 2.62. The number of benzene rings is 2. The van der Waals surface area contributed by atoms with Gasteiger partial charge in [0.15, 0.2) is 0 Å². The first-order valence-electron chi connectivity index (χ1n) is 7.76. The smallest absolute Gasteiger partial charge is 0.269 e. The van der Waals surface area contributed by atoms with Crippen LogP contribution < -0.4 is 0 Å². The third kappa shape index (κ3) is 3.28. The van der Waals surface area contributed by atoms with Crippen LogP contribution in [-0.2, 0) is 9.53 Å². The number of non-ortho nitro benzene ring substituents is 1. The maximum absolute atomic E-state index is 12.2. The fourth-order valence-electron chi connectivity index (χ4n) is 2.89. The van der Waals surface area contributed by atoms with E-state index >= 15 is 0 Å². The van der Waals surface area contributed by atoms with Crippen molar-refractivity contribution in [2.45, 2.75) is 19.1 Å². The molecule has 1 saturated heterocycles. The molecule has 0 spiro atoms. The quantitative estimate of drug-likeness (QED) is 0.638. The van der Waals surface area contributed by atoms with Crippen LogP contribution in [0.25, 0.3) is 0 Å². The fourth-order valence-corrected chi connectivity index (χ4v) is 2.89. The highest BCUT2D eigenvalue weighted by molar-refractivity contribution is 5.78. The number of amides is 1. The molecule has 0 saturated carbocycles. The van der Waals surface area contributed by atoms with E-state index in [-0.39, 0.29) is 30.3 Å². The molecule has 1 aliphatic heterocycles. The Hall–Kier alpha value is -2.73. The molecule has 1 heterocycles. The lowest BCUT2D eigenvalue weighted by Gasteiger charge is -2.37. The molecule has 2 aromatic carbocycles. The minimum Gasteiger partial charge on any atom is -0.362 e. The van der Waals surface area contributed by atoms with Crippen molar-refractivity contribution in [1.82, 2.24) is 4.90 Å². The Bertz CT molecular complexity index is 730. The second-order valence-electron chi connectivity index (χ2n) is 5.78. The lowest BCUT2D eigenvalue weighted by atomic mass is 10.0. The molecular weight excluding hydrogens is 308 g/mol. The Kier molecular flexibility index (Phi) is 4.57. The summed E-state index contributed by atoms with van der Waals surface area (Å²) in [5.41, 5.74) is 1.94. The summed E-state index contributed by atoms with van der Waals surface area (Å²) < 4.78 is 5.63. The van der Waals surface area contributed by atoms with Gasteiger partial charge in [0.2, 0.25) is 5.91 Å². The van der Waals surface area contributed by atoms with Gasteiger partial charge in [-0.25, -0.2) is 0 Å². The van der Waals surface area contributed by atoms with Gasteiger partial charge in [0.05, 0.1) is 17.5 Å². The van der Waals surface area contributed by atoms with Crippen LogP contribution in [0.15, 0.2) is 54.6 Å².